The van der Waals surface area contributed by atoms with Gasteiger partial charge >= 0.3 is 0 Å². The molecule has 0 radical (unpaired) electrons. The van der Waals surface area contributed by atoms with E-state index in [0.717, 1.165) is 0 Å². The molecule has 0 bridgehead atoms. The Morgan fingerprint density at radius 2 is 2.11 bits per heavy atom. The summed E-state index contributed by atoms with van der Waals surface area (Å²) in [6, 6.07) is 10.2. The van der Waals surface area contributed by atoms with Gasteiger partial charge in [0, 0.05) is 12.3 Å². The third-order valence-corrected chi connectivity index (χ3v) is 2.22. The van der Waals surface area contributed by atoms with Gasteiger partial charge in [0.1, 0.15) is 0 Å². The van der Waals surface area contributed by atoms with Gasteiger partial charge in [-0.25, -0.2) is 0 Å². The molecule has 1 heterocycles. The van der Waals surface area contributed by atoms with Crippen LogP contribution in [-0.2, 0) is 0 Å². The molecule has 1 heteroatoms. The first kappa shape index (κ1) is 4.40. The van der Waals surface area contributed by atoms with Gasteiger partial charge in [-0.3, -0.25) is 0 Å². The number of hydrogen-bond donors (Lipinski definition) is 0. The fourth-order valence-corrected chi connectivity index (χ4v) is 1.39. The summed E-state index contributed by atoms with van der Waals surface area (Å²) < 4.78 is 7.35. The maximum absolute atomic E-state index is 7.35. The zero-order chi connectivity index (χ0) is 6.97. The smallest absolute Gasteiger partial charge is 0.0395 e. The zero-order valence-electron chi connectivity index (χ0n) is 5.95. The van der Waals surface area contributed by atoms with E-state index in [0.29, 0.717) is 5.25 Å². The molecule has 46 valence electrons. The lowest BCUT2D eigenvalue weighted by Gasteiger charge is -1.90. The Bertz CT molecular complexity index is 222. The van der Waals surface area contributed by atoms with Crippen LogP contribution in [-0.4, -0.2) is 5.73 Å². The van der Waals surface area contributed by atoms with Gasteiger partial charge in [-0.05, 0) is 5.56 Å². The summed E-state index contributed by atoms with van der Waals surface area (Å²) in [5, 5.41) is 0.459. The summed E-state index contributed by atoms with van der Waals surface area (Å²) in [4.78, 5) is 0. The average molecular weight is 137 g/mol. The minimum atomic E-state index is 0.0994. The molecule has 0 saturated carbocycles. The highest BCUT2D eigenvalue weighted by molar-refractivity contribution is 8.06. The largest absolute Gasteiger partial charge is 0.151 e. The van der Waals surface area contributed by atoms with Crippen LogP contribution in [0.5, 0.6) is 0 Å². The van der Waals surface area contributed by atoms with Crippen molar-refractivity contribution in [3.05, 3.63) is 35.9 Å². The fraction of sp³-hybridized carbons (Fsp3) is 0.250. The summed E-state index contributed by atoms with van der Waals surface area (Å²) in [5.74, 6) is 0. The molecule has 0 nitrogen and oxygen atoms in total. The second-order valence-electron chi connectivity index (χ2n) is 2.10. The van der Waals surface area contributed by atoms with Crippen molar-refractivity contribution in [1.29, 1.82) is 0 Å². The van der Waals surface area contributed by atoms with Crippen LogP contribution < -0.4 is 0 Å². The predicted molar refractivity (Wildman–Crippen MR) is 41.6 cm³/mol. The Kier molecular flexibility index (Phi) is 1.01. The monoisotopic (exact) mass is 137 g/mol. The molecule has 1 aliphatic heterocycles. The topological polar surface area (TPSA) is 0 Å². The third kappa shape index (κ3) is 1.11. The molecule has 1 aliphatic rings. The van der Waals surface area contributed by atoms with E-state index in [1.54, 1.807) is 11.8 Å². The van der Waals surface area contributed by atoms with Crippen molar-refractivity contribution in [1.82, 2.24) is 0 Å². The van der Waals surface area contributed by atoms with Crippen molar-refractivity contribution in [3.63, 3.8) is 0 Å². The molecular formula is C8H8S. The standard InChI is InChI=1S/C8H8S/c1-2-4-7(5-3-1)8-6-9-8/h1-5,8H,6H2/i6D. The van der Waals surface area contributed by atoms with E-state index in [1.807, 2.05) is 18.2 Å². The summed E-state index contributed by atoms with van der Waals surface area (Å²) in [5.41, 5.74) is 1.40. The second-order valence-corrected chi connectivity index (χ2v) is 3.16. The number of rotatable bonds is 1. The predicted octanol–water partition coefficient (Wildman–Crippen LogP) is 2.47. The molecule has 0 aromatic heterocycles. The van der Waals surface area contributed by atoms with Crippen LogP contribution in [0.15, 0.2) is 30.3 Å². The average Bonchev–Trinajstić information content (AvgIpc) is 2.69. The number of thioether (sulfide) groups is 1. The van der Waals surface area contributed by atoms with Gasteiger partial charge in [0.2, 0.25) is 0 Å². The third-order valence-electron chi connectivity index (χ3n) is 1.40. The molecule has 1 saturated heterocycles. The molecule has 1 fully saturated rings. The molecule has 0 N–H and O–H groups in total. The summed E-state index contributed by atoms with van der Waals surface area (Å²) in [6.07, 6.45) is 0. The van der Waals surface area contributed by atoms with Gasteiger partial charge in [0.25, 0.3) is 0 Å². The summed E-state index contributed by atoms with van der Waals surface area (Å²) >= 11 is 1.71. The first-order valence-corrected chi connectivity index (χ1v) is 3.95. The Morgan fingerprint density at radius 3 is 2.67 bits per heavy atom. The lowest BCUT2D eigenvalue weighted by atomic mass is 10.2. The zero-order valence-corrected chi connectivity index (χ0v) is 5.77. The SMILES string of the molecule is [2H]C1SC1c1ccccc1. The number of hydrogen-bond acceptors (Lipinski definition) is 1. The van der Waals surface area contributed by atoms with Crippen molar-refractivity contribution in [2.45, 2.75) is 5.25 Å². The molecule has 1 aromatic carbocycles. The maximum atomic E-state index is 7.35. The first-order chi connectivity index (χ1) is 4.88. The molecule has 1 aromatic rings. The van der Waals surface area contributed by atoms with E-state index in [9.17, 15) is 0 Å². The minimum Gasteiger partial charge on any atom is -0.151 e. The lowest BCUT2D eigenvalue weighted by Crippen LogP contribution is -1.74. The van der Waals surface area contributed by atoms with Crippen molar-refractivity contribution < 1.29 is 1.37 Å². The summed E-state index contributed by atoms with van der Waals surface area (Å²) in [7, 11) is 0. The Labute approximate surface area is 60.7 Å². The first-order valence-electron chi connectivity index (χ1n) is 3.58. The van der Waals surface area contributed by atoms with Crippen LogP contribution in [0.3, 0.4) is 0 Å². The van der Waals surface area contributed by atoms with E-state index in [4.69, 9.17) is 1.37 Å². The Balaban J connectivity index is 2.20. The molecule has 2 rings (SSSR count). The molecule has 2 atom stereocenters. The van der Waals surface area contributed by atoms with Crippen molar-refractivity contribution in [2.24, 2.45) is 0 Å². The van der Waals surface area contributed by atoms with E-state index in [-0.39, 0.29) is 5.73 Å². The lowest BCUT2D eigenvalue weighted by molar-refractivity contribution is 1.23. The van der Waals surface area contributed by atoms with Crippen molar-refractivity contribution >= 4 is 11.8 Å². The molecule has 2 unspecified atom stereocenters. The molecular weight excluding hydrogens is 128 g/mol. The summed E-state index contributed by atoms with van der Waals surface area (Å²) in [6.45, 7) is 0. The van der Waals surface area contributed by atoms with Crippen LogP contribution in [0.2, 0.25) is 0 Å². The van der Waals surface area contributed by atoms with Crippen LogP contribution in [0.25, 0.3) is 0 Å². The van der Waals surface area contributed by atoms with Gasteiger partial charge in [-0.1, -0.05) is 30.3 Å². The molecule has 0 aliphatic carbocycles. The van der Waals surface area contributed by atoms with Crippen molar-refractivity contribution in [3.8, 4) is 0 Å². The van der Waals surface area contributed by atoms with Gasteiger partial charge in [-0.15, -0.1) is 0 Å². The van der Waals surface area contributed by atoms with Crippen molar-refractivity contribution in [2.75, 3.05) is 5.73 Å². The van der Waals surface area contributed by atoms with Crippen LogP contribution in [0.4, 0.5) is 0 Å². The van der Waals surface area contributed by atoms with E-state index in [1.165, 1.54) is 5.56 Å². The molecule has 0 amide bonds. The maximum Gasteiger partial charge on any atom is 0.0395 e. The minimum absolute atomic E-state index is 0.0994. The van der Waals surface area contributed by atoms with Crippen LogP contribution >= 0.6 is 11.8 Å². The quantitative estimate of drug-likeness (QED) is 0.536. The fourth-order valence-electron chi connectivity index (χ4n) is 0.839. The van der Waals surface area contributed by atoms with E-state index < -0.39 is 0 Å². The highest BCUT2D eigenvalue weighted by Gasteiger charge is 2.23. The number of benzene rings is 1. The van der Waals surface area contributed by atoms with Crippen LogP contribution in [0.1, 0.15) is 12.2 Å². The highest BCUT2D eigenvalue weighted by atomic mass is 32.2. The van der Waals surface area contributed by atoms with Gasteiger partial charge in [0.15, 0.2) is 0 Å². The van der Waals surface area contributed by atoms with E-state index >= 15 is 0 Å². The normalized spacial score (nSPS) is 33.6. The van der Waals surface area contributed by atoms with Gasteiger partial charge < -0.3 is 0 Å². The Morgan fingerprint density at radius 1 is 1.44 bits per heavy atom. The van der Waals surface area contributed by atoms with Gasteiger partial charge in [0.05, 0.1) is 0 Å². The molecule has 9 heavy (non-hydrogen) atoms. The highest BCUT2D eigenvalue weighted by Crippen LogP contribution is 2.45. The second kappa shape index (κ2) is 2.07. The van der Waals surface area contributed by atoms with Crippen LogP contribution in [0, 0.1) is 0 Å². The van der Waals surface area contributed by atoms with Gasteiger partial charge in [-0.2, -0.15) is 11.8 Å². The Hall–Kier alpha value is -0.430. The molecule has 0 spiro atoms. The van der Waals surface area contributed by atoms with E-state index in [2.05, 4.69) is 12.1 Å².